The molecular formula is C33H50O6. The summed E-state index contributed by atoms with van der Waals surface area (Å²) in [5.74, 6) is -1.03. The van der Waals surface area contributed by atoms with Crippen LogP contribution in [0.3, 0.4) is 0 Å². The molecule has 39 heavy (non-hydrogen) atoms. The Morgan fingerprint density at radius 3 is 1.51 bits per heavy atom. The molecule has 0 radical (unpaired) electrons. The molecule has 2 rings (SSSR count). The van der Waals surface area contributed by atoms with Crippen molar-refractivity contribution in [3.8, 4) is 0 Å². The second kappa shape index (κ2) is 20.2. The lowest BCUT2D eigenvalue weighted by molar-refractivity contribution is 0.0679. The molecule has 0 fully saturated rings. The minimum atomic E-state index is -0.868. The monoisotopic (exact) mass is 542 g/mol. The van der Waals surface area contributed by atoms with Crippen molar-refractivity contribution in [1.29, 1.82) is 0 Å². The maximum Gasteiger partial charge on any atom is 0.335 e. The Morgan fingerprint density at radius 2 is 1.10 bits per heavy atom. The average molecular weight is 543 g/mol. The van der Waals surface area contributed by atoms with Crippen molar-refractivity contribution in [2.24, 2.45) is 5.92 Å². The Hall–Kier alpha value is -2.70. The van der Waals surface area contributed by atoms with Gasteiger partial charge in [0.2, 0.25) is 0 Å². The van der Waals surface area contributed by atoms with Gasteiger partial charge in [0, 0.05) is 14.2 Å². The van der Waals surface area contributed by atoms with Crippen LogP contribution in [0.1, 0.15) is 110 Å². The largest absolute Gasteiger partial charge is 0.478 e. The molecule has 0 aliphatic carbocycles. The van der Waals surface area contributed by atoms with Gasteiger partial charge in [-0.05, 0) is 54.9 Å². The molecular weight excluding hydrogens is 492 g/mol. The fourth-order valence-electron chi connectivity index (χ4n) is 4.64. The summed E-state index contributed by atoms with van der Waals surface area (Å²) in [5, 5.41) is 18.3. The topological polar surface area (TPSA) is 93.1 Å². The molecule has 2 unspecified atom stereocenters. The number of aromatic carboxylic acids is 2. The molecule has 6 nitrogen and oxygen atoms in total. The normalized spacial score (nSPS) is 12.5. The van der Waals surface area contributed by atoms with Crippen LogP contribution in [0.4, 0.5) is 0 Å². The highest BCUT2D eigenvalue weighted by Crippen LogP contribution is 2.18. The molecule has 0 spiro atoms. The van der Waals surface area contributed by atoms with Crippen LogP contribution in [-0.4, -0.2) is 48.6 Å². The van der Waals surface area contributed by atoms with Gasteiger partial charge in [-0.15, -0.1) is 0 Å². The van der Waals surface area contributed by atoms with Crippen LogP contribution in [-0.2, 0) is 22.3 Å². The lowest BCUT2D eigenvalue weighted by atomic mass is 9.97. The molecule has 2 atom stereocenters. The highest BCUT2D eigenvalue weighted by Gasteiger charge is 2.15. The molecule has 0 saturated carbocycles. The number of carboxylic acid groups (broad SMARTS) is 2. The molecule has 2 aromatic rings. The zero-order valence-corrected chi connectivity index (χ0v) is 24.7. The van der Waals surface area contributed by atoms with Gasteiger partial charge in [0.05, 0.1) is 23.3 Å². The molecule has 218 valence electrons. The number of carbonyl (C=O) groups is 2. The summed E-state index contributed by atoms with van der Waals surface area (Å²) in [7, 11) is 3.41. The Morgan fingerprint density at radius 1 is 0.667 bits per heavy atom. The molecule has 0 aliphatic heterocycles. The zero-order valence-electron chi connectivity index (χ0n) is 24.7. The van der Waals surface area contributed by atoms with E-state index in [1.807, 2.05) is 24.3 Å². The number of hydrogen-bond acceptors (Lipinski definition) is 4. The summed E-state index contributed by atoms with van der Waals surface area (Å²) < 4.78 is 11.0. The van der Waals surface area contributed by atoms with E-state index in [2.05, 4.69) is 20.8 Å². The van der Waals surface area contributed by atoms with Gasteiger partial charge < -0.3 is 19.7 Å². The van der Waals surface area contributed by atoms with Gasteiger partial charge >= 0.3 is 11.9 Å². The predicted octanol–water partition coefficient (Wildman–Crippen LogP) is 8.07. The number of carboxylic acids is 2. The third-order valence-electron chi connectivity index (χ3n) is 6.99. The van der Waals surface area contributed by atoms with Crippen LogP contribution in [0, 0.1) is 5.92 Å². The lowest BCUT2D eigenvalue weighted by Crippen LogP contribution is -2.16. The highest BCUT2D eigenvalue weighted by molar-refractivity contribution is 5.89. The van der Waals surface area contributed by atoms with E-state index < -0.39 is 11.9 Å². The van der Waals surface area contributed by atoms with E-state index in [9.17, 15) is 14.7 Å². The summed E-state index contributed by atoms with van der Waals surface area (Å²) in [4.78, 5) is 22.3. The second-order valence-electron chi connectivity index (χ2n) is 10.6. The van der Waals surface area contributed by atoms with Gasteiger partial charge in [0.25, 0.3) is 0 Å². The fraction of sp³-hybridized carbons (Fsp3) is 0.576. The zero-order chi connectivity index (χ0) is 29.0. The molecule has 0 amide bonds. The molecule has 0 aliphatic rings. The van der Waals surface area contributed by atoms with Gasteiger partial charge in [0.1, 0.15) is 0 Å². The van der Waals surface area contributed by atoms with Gasteiger partial charge in [0.15, 0.2) is 0 Å². The number of rotatable bonds is 18. The van der Waals surface area contributed by atoms with E-state index >= 15 is 0 Å². The SMILES string of the molecule is CCCCCCCC(Cc1ccccc1C(=O)O)OC.COC(CCCC(C)C)Cc1ccccc1C(=O)O. The third-order valence-corrected chi connectivity index (χ3v) is 6.99. The average Bonchev–Trinajstić information content (AvgIpc) is 2.92. The Kier molecular flexibility index (Phi) is 17.8. The molecule has 0 saturated heterocycles. The number of ether oxygens (including phenoxy) is 2. The van der Waals surface area contributed by atoms with Crippen molar-refractivity contribution in [3.63, 3.8) is 0 Å². The minimum absolute atomic E-state index is 0.0965. The van der Waals surface area contributed by atoms with Crippen LogP contribution in [0.2, 0.25) is 0 Å². The highest BCUT2D eigenvalue weighted by atomic mass is 16.5. The van der Waals surface area contributed by atoms with Crippen molar-refractivity contribution in [2.75, 3.05) is 14.2 Å². The molecule has 2 N–H and O–H groups in total. The first-order chi connectivity index (χ1) is 18.7. The summed E-state index contributed by atoms with van der Waals surface area (Å²) in [6.45, 7) is 6.63. The van der Waals surface area contributed by atoms with E-state index in [1.165, 1.54) is 32.1 Å². The van der Waals surface area contributed by atoms with Crippen molar-refractivity contribution >= 4 is 11.9 Å². The van der Waals surface area contributed by atoms with Gasteiger partial charge in [-0.3, -0.25) is 0 Å². The molecule has 0 heterocycles. The lowest BCUT2D eigenvalue weighted by Gasteiger charge is -2.17. The minimum Gasteiger partial charge on any atom is -0.478 e. The van der Waals surface area contributed by atoms with E-state index in [0.717, 1.165) is 36.8 Å². The maximum atomic E-state index is 11.2. The maximum absolute atomic E-state index is 11.2. The molecule has 0 bridgehead atoms. The Labute approximate surface area is 235 Å². The second-order valence-corrected chi connectivity index (χ2v) is 10.6. The van der Waals surface area contributed by atoms with Crippen molar-refractivity contribution in [2.45, 2.75) is 104 Å². The molecule has 2 aromatic carbocycles. The quantitative estimate of drug-likeness (QED) is 0.185. The number of benzene rings is 2. The smallest absolute Gasteiger partial charge is 0.335 e. The molecule has 6 heteroatoms. The van der Waals surface area contributed by atoms with E-state index in [4.69, 9.17) is 14.6 Å². The first kappa shape index (κ1) is 34.3. The first-order valence-corrected chi connectivity index (χ1v) is 14.4. The summed E-state index contributed by atoms with van der Waals surface area (Å²) in [6.07, 6.45) is 12.0. The summed E-state index contributed by atoms with van der Waals surface area (Å²) in [6, 6.07) is 14.3. The van der Waals surface area contributed by atoms with Crippen molar-refractivity contribution < 1.29 is 29.3 Å². The fourth-order valence-corrected chi connectivity index (χ4v) is 4.64. The van der Waals surface area contributed by atoms with Crippen LogP contribution in [0.15, 0.2) is 48.5 Å². The first-order valence-electron chi connectivity index (χ1n) is 14.4. The Balaban J connectivity index is 0.000000391. The van der Waals surface area contributed by atoms with Gasteiger partial charge in [-0.25, -0.2) is 9.59 Å². The summed E-state index contributed by atoms with van der Waals surface area (Å²) >= 11 is 0. The van der Waals surface area contributed by atoms with Gasteiger partial charge in [-0.1, -0.05) is 102 Å². The number of unbranched alkanes of at least 4 members (excludes halogenated alkanes) is 4. The van der Waals surface area contributed by atoms with E-state index in [1.54, 1.807) is 38.5 Å². The van der Waals surface area contributed by atoms with Crippen molar-refractivity contribution in [1.82, 2.24) is 0 Å². The van der Waals surface area contributed by atoms with Crippen LogP contribution in [0.5, 0.6) is 0 Å². The van der Waals surface area contributed by atoms with Gasteiger partial charge in [-0.2, -0.15) is 0 Å². The number of hydrogen-bond donors (Lipinski definition) is 2. The standard InChI is InChI=1S/C17H26O3.C16H24O3/c1-3-4-5-6-7-11-15(20-2)13-14-10-8-9-12-16(14)17(18)19;1-12(2)7-6-9-14(19-3)11-13-8-4-5-10-15(13)16(17)18/h8-10,12,15H,3-7,11,13H2,1-2H3,(H,18,19);4-5,8,10,12,14H,6-7,9,11H2,1-3H3,(H,17,18). The van der Waals surface area contributed by atoms with Crippen molar-refractivity contribution in [3.05, 3.63) is 70.8 Å². The van der Waals surface area contributed by atoms with E-state index in [0.29, 0.717) is 29.9 Å². The Bertz CT molecular complexity index is 955. The summed E-state index contributed by atoms with van der Waals surface area (Å²) in [5.41, 5.74) is 2.49. The van der Waals surface area contributed by atoms with E-state index in [-0.39, 0.29) is 12.2 Å². The number of methoxy groups -OCH3 is 2. The van der Waals surface area contributed by atoms with Crippen LogP contribution in [0.25, 0.3) is 0 Å². The molecule has 0 aromatic heterocycles. The van der Waals surface area contributed by atoms with Crippen LogP contribution >= 0.6 is 0 Å². The van der Waals surface area contributed by atoms with Crippen LogP contribution < -0.4 is 0 Å². The third kappa shape index (κ3) is 14.3. The predicted molar refractivity (Wildman–Crippen MR) is 158 cm³/mol.